The molecular formula is C11H14FNO4. The lowest BCUT2D eigenvalue weighted by Crippen LogP contribution is -2.40. The zero-order valence-corrected chi connectivity index (χ0v) is 9.31. The number of phenolic OH excluding ortho intramolecular Hbond substituents is 1. The van der Waals surface area contributed by atoms with E-state index in [0.29, 0.717) is 0 Å². The van der Waals surface area contributed by atoms with E-state index in [1.807, 2.05) is 0 Å². The van der Waals surface area contributed by atoms with Crippen molar-refractivity contribution in [2.45, 2.75) is 6.04 Å². The Bertz CT molecular complexity index is 397. The molecule has 3 N–H and O–H groups in total. The van der Waals surface area contributed by atoms with E-state index in [9.17, 15) is 14.3 Å². The van der Waals surface area contributed by atoms with Crippen molar-refractivity contribution in [1.29, 1.82) is 0 Å². The summed E-state index contributed by atoms with van der Waals surface area (Å²) in [4.78, 5) is 11.7. The van der Waals surface area contributed by atoms with Crippen molar-refractivity contribution in [1.82, 2.24) is 5.32 Å². The Morgan fingerprint density at radius 1 is 1.59 bits per heavy atom. The van der Waals surface area contributed by atoms with Crippen LogP contribution >= 0.6 is 0 Å². The van der Waals surface area contributed by atoms with Gasteiger partial charge in [-0.3, -0.25) is 4.79 Å². The number of phenols is 1. The minimum atomic E-state index is -0.630. The minimum Gasteiger partial charge on any atom is -0.507 e. The van der Waals surface area contributed by atoms with E-state index >= 15 is 0 Å². The second kappa shape index (κ2) is 6.17. The molecule has 0 spiro atoms. The van der Waals surface area contributed by atoms with Gasteiger partial charge in [-0.05, 0) is 12.1 Å². The Morgan fingerprint density at radius 2 is 2.29 bits per heavy atom. The number of nitrogens with one attached hydrogen (secondary N) is 1. The SMILES string of the molecule is COCC(CO)NC(=O)c1ccc(F)cc1O. The van der Waals surface area contributed by atoms with Crippen LogP contribution in [-0.4, -0.2) is 42.5 Å². The van der Waals surface area contributed by atoms with Crippen molar-refractivity contribution in [2.24, 2.45) is 0 Å². The van der Waals surface area contributed by atoms with Crippen molar-refractivity contribution in [3.8, 4) is 5.75 Å². The van der Waals surface area contributed by atoms with Crippen LogP contribution in [0.5, 0.6) is 5.75 Å². The number of rotatable bonds is 5. The first-order valence-corrected chi connectivity index (χ1v) is 4.97. The maximum Gasteiger partial charge on any atom is 0.255 e. The average molecular weight is 243 g/mol. The number of hydrogen-bond donors (Lipinski definition) is 3. The van der Waals surface area contributed by atoms with Gasteiger partial charge in [-0.1, -0.05) is 0 Å². The van der Waals surface area contributed by atoms with E-state index in [2.05, 4.69) is 5.32 Å². The van der Waals surface area contributed by atoms with Gasteiger partial charge in [-0.2, -0.15) is 0 Å². The van der Waals surface area contributed by atoms with E-state index in [-0.39, 0.29) is 18.8 Å². The van der Waals surface area contributed by atoms with Gasteiger partial charge in [0, 0.05) is 13.2 Å². The number of hydrogen-bond acceptors (Lipinski definition) is 4. The molecule has 0 heterocycles. The molecule has 1 unspecified atom stereocenters. The van der Waals surface area contributed by atoms with Gasteiger partial charge in [0.25, 0.3) is 5.91 Å². The topological polar surface area (TPSA) is 78.8 Å². The van der Waals surface area contributed by atoms with Gasteiger partial charge in [0.1, 0.15) is 11.6 Å². The molecule has 0 aliphatic rings. The van der Waals surface area contributed by atoms with Crippen LogP contribution < -0.4 is 5.32 Å². The quantitative estimate of drug-likeness (QED) is 0.693. The van der Waals surface area contributed by atoms with Crippen LogP contribution in [0.3, 0.4) is 0 Å². The number of aliphatic hydroxyl groups is 1. The number of ether oxygens (including phenoxy) is 1. The maximum absolute atomic E-state index is 12.7. The lowest BCUT2D eigenvalue weighted by molar-refractivity contribution is 0.0837. The van der Waals surface area contributed by atoms with Crippen LogP contribution in [0.1, 0.15) is 10.4 Å². The van der Waals surface area contributed by atoms with Crippen molar-refractivity contribution in [3.05, 3.63) is 29.6 Å². The number of aliphatic hydroxyl groups excluding tert-OH is 1. The lowest BCUT2D eigenvalue weighted by Gasteiger charge is -2.15. The molecule has 94 valence electrons. The molecule has 6 heteroatoms. The minimum absolute atomic E-state index is 0.0547. The summed E-state index contributed by atoms with van der Waals surface area (Å²) < 4.78 is 17.5. The summed E-state index contributed by atoms with van der Waals surface area (Å²) in [5.41, 5.74) is -0.0547. The van der Waals surface area contributed by atoms with E-state index < -0.39 is 23.5 Å². The first-order valence-electron chi connectivity index (χ1n) is 4.97. The molecular weight excluding hydrogens is 229 g/mol. The number of amides is 1. The van der Waals surface area contributed by atoms with Crippen LogP contribution in [0.25, 0.3) is 0 Å². The number of halogens is 1. The highest BCUT2D eigenvalue weighted by Gasteiger charge is 2.16. The van der Waals surface area contributed by atoms with Crippen LogP contribution in [0, 0.1) is 5.82 Å². The Hall–Kier alpha value is -1.66. The van der Waals surface area contributed by atoms with E-state index in [1.165, 1.54) is 13.2 Å². The predicted octanol–water partition coefficient (Wildman–Crippen LogP) is 0.268. The van der Waals surface area contributed by atoms with E-state index in [0.717, 1.165) is 12.1 Å². The molecule has 17 heavy (non-hydrogen) atoms. The Labute approximate surface area is 97.8 Å². The van der Waals surface area contributed by atoms with Crippen molar-refractivity contribution in [2.75, 3.05) is 20.3 Å². The van der Waals surface area contributed by atoms with Gasteiger partial charge in [0.15, 0.2) is 0 Å². The summed E-state index contributed by atoms with van der Waals surface area (Å²) in [5, 5.41) is 20.8. The van der Waals surface area contributed by atoms with Gasteiger partial charge in [0.05, 0.1) is 24.8 Å². The van der Waals surface area contributed by atoms with Crippen LogP contribution in [-0.2, 0) is 4.74 Å². The van der Waals surface area contributed by atoms with Crippen LogP contribution in [0.15, 0.2) is 18.2 Å². The zero-order valence-electron chi connectivity index (χ0n) is 9.31. The Morgan fingerprint density at radius 3 is 2.82 bits per heavy atom. The lowest BCUT2D eigenvalue weighted by atomic mass is 10.1. The van der Waals surface area contributed by atoms with Gasteiger partial charge >= 0.3 is 0 Å². The highest BCUT2D eigenvalue weighted by molar-refractivity contribution is 5.96. The van der Waals surface area contributed by atoms with Crippen LogP contribution in [0.2, 0.25) is 0 Å². The number of benzene rings is 1. The number of methoxy groups -OCH3 is 1. The molecule has 1 atom stereocenters. The van der Waals surface area contributed by atoms with Crippen molar-refractivity contribution >= 4 is 5.91 Å². The first-order chi connectivity index (χ1) is 8.08. The molecule has 0 saturated heterocycles. The van der Waals surface area contributed by atoms with Crippen molar-refractivity contribution in [3.63, 3.8) is 0 Å². The molecule has 0 aromatic heterocycles. The third kappa shape index (κ3) is 3.69. The number of carbonyl (C=O) groups is 1. The fourth-order valence-corrected chi connectivity index (χ4v) is 1.30. The molecule has 1 amide bonds. The fourth-order valence-electron chi connectivity index (χ4n) is 1.30. The highest BCUT2D eigenvalue weighted by atomic mass is 19.1. The van der Waals surface area contributed by atoms with Crippen LogP contribution in [0.4, 0.5) is 4.39 Å². The summed E-state index contributed by atoms with van der Waals surface area (Å²) in [6.45, 7) is -0.147. The predicted molar refractivity (Wildman–Crippen MR) is 58.3 cm³/mol. The van der Waals surface area contributed by atoms with E-state index in [1.54, 1.807) is 0 Å². The smallest absolute Gasteiger partial charge is 0.255 e. The molecule has 0 radical (unpaired) electrons. The summed E-state index contributed by atoms with van der Waals surface area (Å²) in [5.74, 6) is -1.68. The molecule has 0 bridgehead atoms. The number of aromatic hydroxyl groups is 1. The zero-order chi connectivity index (χ0) is 12.8. The largest absolute Gasteiger partial charge is 0.507 e. The maximum atomic E-state index is 12.7. The average Bonchev–Trinajstić information content (AvgIpc) is 2.28. The molecule has 1 aromatic rings. The van der Waals surface area contributed by atoms with Gasteiger partial charge in [-0.15, -0.1) is 0 Å². The number of carbonyl (C=O) groups excluding carboxylic acids is 1. The molecule has 0 aliphatic carbocycles. The summed E-state index contributed by atoms with van der Waals surface area (Å²) in [6.07, 6.45) is 0. The normalized spacial score (nSPS) is 12.2. The van der Waals surface area contributed by atoms with Gasteiger partial charge in [0.2, 0.25) is 0 Å². The monoisotopic (exact) mass is 243 g/mol. The Balaban J connectivity index is 2.75. The second-order valence-corrected chi connectivity index (χ2v) is 3.47. The second-order valence-electron chi connectivity index (χ2n) is 3.47. The fraction of sp³-hybridized carbons (Fsp3) is 0.364. The highest BCUT2D eigenvalue weighted by Crippen LogP contribution is 2.17. The molecule has 1 rings (SSSR count). The summed E-state index contributed by atoms with van der Waals surface area (Å²) in [7, 11) is 1.43. The van der Waals surface area contributed by atoms with Gasteiger partial charge in [-0.25, -0.2) is 4.39 Å². The standard InChI is InChI=1S/C11H14FNO4/c1-17-6-8(5-14)13-11(16)9-3-2-7(12)4-10(9)15/h2-4,8,14-15H,5-6H2,1H3,(H,13,16). The van der Waals surface area contributed by atoms with Gasteiger partial charge < -0.3 is 20.3 Å². The third-order valence-electron chi connectivity index (χ3n) is 2.13. The molecule has 1 aromatic carbocycles. The van der Waals surface area contributed by atoms with Crippen molar-refractivity contribution < 1.29 is 24.1 Å². The Kier molecular flexibility index (Phi) is 4.86. The molecule has 0 saturated carbocycles. The summed E-state index contributed by atoms with van der Waals surface area (Å²) in [6, 6.07) is 2.51. The third-order valence-corrected chi connectivity index (χ3v) is 2.13. The molecule has 5 nitrogen and oxygen atoms in total. The summed E-state index contributed by atoms with van der Waals surface area (Å²) >= 11 is 0. The first kappa shape index (κ1) is 13.4. The molecule has 0 fully saturated rings. The molecule has 0 aliphatic heterocycles. The van der Waals surface area contributed by atoms with E-state index in [4.69, 9.17) is 9.84 Å².